The van der Waals surface area contributed by atoms with Crippen LogP contribution in [-0.4, -0.2) is 32.9 Å². The number of nitrogens with one attached hydrogen (secondary N) is 1. The van der Waals surface area contributed by atoms with Gasteiger partial charge >= 0.3 is 0 Å². The third-order valence-corrected chi connectivity index (χ3v) is 2.23. The van der Waals surface area contributed by atoms with E-state index in [2.05, 4.69) is 15.4 Å². The second-order valence-corrected chi connectivity index (χ2v) is 3.33. The molecule has 0 aromatic carbocycles. The number of aliphatic hydroxyl groups is 1. The number of rotatable bonds is 5. The SMILES string of the molecule is OCCCNCc1cnn2ccncc12. The van der Waals surface area contributed by atoms with Gasteiger partial charge in [0.1, 0.15) is 0 Å². The Kier molecular flexibility index (Phi) is 3.26. The molecule has 2 rings (SSSR count). The third-order valence-electron chi connectivity index (χ3n) is 2.23. The minimum Gasteiger partial charge on any atom is -0.396 e. The van der Waals surface area contributed by atoms with Crippen molar-refractivity contribution >= 4 is 5.52 Å². The van der Waals surface area contributed by atoms with Crippen LogP contribution < -0.4 is 5.32 Å². The van der Waals surface area contributed by atoms with Crippen LogP contribution in [-0.2, 0) is 6.54 Å². The molecule has 5 nitrogen and oxygen atoms in total. The standard InChI is InChI=1S/C10H14N4O/c15-5-1-2-11-6-9-7-13-14-4-3-12-8-10(9)14/h3-4,7-8,11,15H,1-2,5-6H2. The van der Waals surface area contributed by atoms with E-state index in [1.165, 1.54) is 0 Å². The Morgan fingerprint density at radius 3 is 3.20 bits per heavy atom. The normalized spacial score (nSPS) is 11.0. The van der Waals surface area contributed by atoms with Crippen LogP contribution in [0.2, 0.25) is 0 Å². The van der Waals surface area contributed by atoms with Crippen molar-refractivity contribution in [2.24, 2.45) is 0 Å². The van der Waals surface area contributed by atoms with Gasteiger partial charge in [-0.05, 0) is 13.0 Å². The van der Waals surface area contributed by atoms with E-state index in [-0.39, 0.29) is 6.61 Å². The molecule has 2 aromatic rings. The van der Waals surface area contributed by atoms with E-state index in [0.717, 1.165) is 30.6 Å². The summed E-state index contributed by atoms with van der Waals surface area (Å²) in [6.45, 7) is 1.80. The lowest BCUT2D eigenvalue weighted by atomic mass is 10.3. The number of nitrogens with zero attached hydrogens (tertiary/aromatic N) is 3. The van der Waals surface area contributed by atoms with E-state index < -0.39 is 0 Å². The molecule has 0 amide bonds. The molecule has 0 aliphatic carbocycles. The Bertz CT molecular complexity index is 426. The quantitative estimate of drug-likeness (QED) is 0.686. The van der Waals surface area contributed by atoms with Gasteiger partial charge in [0.05, 0.1) is 17.9 Å². The Balaban J connectivity index is 2.02. The highest BCUT2D eigenvalue weighted by atomic mass is 16.3. The first kappa shape index (κ1) is 10.1. The predicted octanol–water partition coefficient (Wildman–Crippen LogP) is 0.201. The lowest BCUT2D eigenvalue weighted by Crippen LogP contribution is -2.15. The van der Waals surface area contributed by atoms with Crippen molar-refractivity contribution in [3.63, 3.8) is 0 Å². The average Bonchev–Trinajstić information content (AvgIpc) is 2.68. The van der Waals surface area contributed by atoms with Crippen molar-refractivity contribution in [3.05, 3.63) is 30.4 Å². The molecule has 0 unspecified atom stereocenters. The topological polar surface area (TPSA) is 62.5 Å². The highest BCUT2D eigenvalue weighted by molar-refractivity contribution is 5.51. The summed E-state index contributed by atoms with van der Waals surface area (Å²) in [6, 6.07) is 0. The van der Waals surface area contributed by atoms with Crippen LogP contribution >= 0.6 is 0 Å². The van der Waals surface area contributed by atoms with Gasteiger partial charge in [0.15, 0.2) is 0 Å². The van der Waals surface area contributed by atoms with Crippen molar-refractivity contribution in [1.29, 1.82) is 0 Å². The molecule has 0 saturated carbocycles. The predicted molar refractivity (Wildman–Crippen MR) is 56.4 cm³/mol. The van der Waals surface area contributed by atoms with Gasteiger partial charge in [0.2, 0.25) is 0 Å². The maximum Gasteiger partial charge on any atom is 0.0889 e. The van der Waals surface area contributed by atoms with Crippen LogP contribution in [0.1, 0.15) is 12.0 Å². The van der Waals surface area contributed by atoms with E-state index in [0.29, 0.717) is 0 Å². The fraction of sp³-hybridized carbons (Fsp3) is 0.400. The van der Waals surface area contributed by atoms with Crippen molar-refractivity contribution in [1.82, 2.24) is 19.9 Å². The van der Waals surface area contributed by atoms with E-state index in [4.69, 9.17) is 5.11 Å². The number of aliphatic hydroxyl groups excluding tert-OH is 1. The molecule has 2 N–H and O–H groups in total. The monoisotopic (exact) mass is 206 g/mol. The summed E-state index contributed by atoms with van der Waals surface area (Å²) in [5, 5.41) is 16.1. The third kappa shape index (κ3) is 2.31. The molecule has 0 radical (unpaired) electrons. The van der Waals surface area contributed by atoms with Gasteiger partial charge in [-0.25, -0.2) is 4.52 Å². The summed E-state index contributed by atoms with van der Waals surface area (Å²) in [6.07, 6.45) is 7.95. The zero-order chi connectivity index (χ0) is 10.5. The summed E-state index contributed by atoms with van der Waals surface area (Å²) in [4.78, 5) is 4.06. The summed E-state index contributed by atoms with van der Waals surface area (Å²) in [5.74, 6) is 0. The fourth-order valence-corrected chi connectivity index (χ4v) is 1.45. The number of aromatic nitrogens is 3. The molecule has 15 heavy (non-hydrogen) atoms. The zero-order valence-electron chi connectivity index (χ0n) is 8.43. The molecule has 80 valence electrons. The van der Waals surface area contributed by atoms with E-state index in [9.17, 15) is 0 Å². The van der Waals surface area contributed by atoms with Crippen LogP contribution in [0, 0.1) is 0 Å². The molecule has 0 aliphatic heterocycles. The van der Waals surface area contributed by atoms with E-state index >= 15 is 0 Å². The number of fused-ring (bicyclic) bond motifs is 1. The van der Waals surface area contributed by atoms with Crippen molar-refractivity contribution in [2.75, 3.05) is 13.2 Å². The molecule has 5 heteroatoms. The molecule has 0 fully saturated rings. The van der Waals surface area contributed by atoms with Gasteiger partial charge in [0.25, 0.3) is 0 Å². The molecular formula is C10H14N4O. The maximum atomic E-state index is 8.63. The second kappa shape index (κ2) is 4.86. The van der Waals surface area contributed by atoms with Crippen LogP contribution in [0.15, 0.2) is 24.8 Å². The van der Waals surface area contributed by atoms with Gasteiger partial charge in [0, 0.05) is 31.1 Å². The molecule has 2 aromatic heterocycles. The first-order valence-electron chi connectivity index (χ1n) is 4.99. The van der Waals surface area contributed by atoms with Gasteiger partial charge < -0.3 is 10.4 Å². The van der Waals surface area contributed by atoms with Crippen LogP contribution in [0.3, 0.4) is 0 Å². The van der Waals surface area contributed by atoms with E-state index in [1.54, 1.807) is 16.9 Å². The lowest BCUT2D eigenvalue weighted by molar-refractivity contribution is 0.286. The van der Waals surface area contributed by atoms with Crippen molar-refractivity contribution < 1.29 is 5.11 Å². The molecule has 0 bridgehead atoms. The average molecular weight is 206 g/mol. The van der Waals surface area contributed by atoms with Crippen LogP contribution in [0.25, 0.3) is 5.52 Å². The molecule has 0 atom stereocenters. The number of hydrogen-bond donors (Lipinski definition) is 2. The molecule has 0 aliphatic rings. The zero-order valence-corrected chi connectivity index (χ0v) is 8.43. The lowest BCUT2D eigenvalue weighted by Gasteiger charge is -2.01. The largest absolute Gasteiger partial charge is 0.396 e. The van der Waals surface area contributed by atoms with Crippen molar-refractivity contribution in [2.45, 2.75) is 13.0 Å². The summed E-state index contributed by atoms with van der Waals surface area (Å²) in [7, 11) is 0. The molecule has 2 heterocycles. The van der Waals surface area contributed by atoms with Gasteiger partial charge in [-0.3, -0.25) is 4.98 Å². The van der Waals surface area contributed by atoms with Gasteiger partial charge in [-0.1, -0.05) is 0 Å². The Labute approximate surface area is 87.8 Å². The van der Waals surface area contributed by atoms with E-state index in [1.807, 2.05) is 12.4 Å². The van der Waals surface area contributed by atoms with Crippen LogP contribution in [0.4, 0.5) is 0 Å². The molecular weight excluding hydrogens is 192 g/mol. The summed E-state index contributed by atoms with van der Waals surface area (Å²) < 4.78 is 1.80. The van der Waals surface area contributed by atoms with Gasteiger partial charge in [-0.15, -0.1) is 0 Å². The Morgan fingerprint density at radius 1 is 1.40 bits per heavy atom. The molecule has 0 saturated heterocycles. The minimum atomic E-state index is 0.226. The Hall–Kier alpha value is -1.46. The minimum absolute atomic E-state index is 0.226. The van der Waals surface area contributed by atoms with Crippen LogP contribution in [0.5, 0.6) is 0 Å². The summed E-state index contributed by atoms with van der Waals surface area (Å²) >= 11 is 0. The number of hydrogen-bond acceptors (Lipinski definition) is 4. The van der Waals surface area contributed by atoms with Gasteiger partial charge in [-0.2, -0.15) is 5.10 Å². The Morgan fingerprint density at radius 2 is 2.33 bits per heavy atom. The summed E-state index contributed by atoms with van der Waals surface area (Å²) in [5.41, 5.74) is 2.15. The highest BCUT2D eigenvalue weighted by Crippen LogP contribution is 2.07. The first-order valence-corrected chi connectivity index (χ1v) is 4.99. The molecule has 0 spiro atoms. The highest BCUT2D eigenvalue weighted by Gasteiger charge is 2.02. The smallest absolute Gasteiger partial charge is 0.0889 e. The second-order valence-electron chi connectivity index (χ2n) is 3.33. The maximum absolute atomic E-state index is 8.63. The fourth-order valence-electron chi connectivity index (χ4n) is 1.45. The first-order chi connectivity index (χ1) is 7.42. The van der Waals surface area contributed by atoms with Crippen molar-refractivity contribution in [3.8, 4) is 0 Å².